The van der Waals surface area contributed by atoms with Crippen molar-refractivity contribution in [3.05, 3.63) is 71.8 Å². The number of rotatable bonds is 13. The molecule has 0 aliphatic carbocycles. The summed E-state index contributed by atoms with van der Waals surface area (Å²) in [6, 6.07) is 19.6. The van der Waals surface area contributed by atoms with Gasteiger partial charge >= 0.3 is 0 Å². The zero-order valence-corrected chi connectivity index (χ0v) is 19.1. The number of benzene rings is 2. The molecule has 6 nitrogen and oxygen atoms in total. The minimum atomic E-state index is -0.289. The zero-order chi connectivity index (χ0) is 23.0. The fraction of sp³-hybridized carbons (Fsp3) is 0.385. The van der Waals surface area contributed by atoms with E-state index in [4.69, 9.17) is 0 Å². The number of unbranched alkanes of at least 4 members (excludes halogenated alkanes) is 2. The molecule has 0 aliphatic heterocycles. The van der Waals surface area contributed by atoms with Crippen molar-refractivity contribution in [3.63, 3.8) is 0 Å². The molecule has 6 heteroatoms. The van der Waals surface area contributed by atoms with E-state index in [2.05, 4.69) is 34.9 Å². The van der Waals surface area contributed by atoms with E-state index in [9.17, 15) is 9.59 Å². The lowest BCUT2D eigenvalue weighted by atomic mass is 10.1. The van der Waals surface area contributed by atoms with Crippen LogP contribution in [0.5, 0.6) is 0 Å². The van der Waals surface area contributed by atoms with E-state index in [1.54, 1.807) is 0 Å². The smallest absolute Gasteiger partial charge is 0.240 e. The number of carbonyl (C=O) groups excluding carboxylic acids is 2. The minimum absolute atomic E-state index is 0.0519. The van der Waals surface area contributed by atoms with Gasteiger partial charge in [-0.15, -0.1) is 0 Å². The molecular formula is C26H34N4O2. The molecule has 2 N–H and O–H groups in total. The standard InChI is InChI=1S/C26H34N4O2/c1-3-5-17-23(21-13-9-7-10-14-21)27-29-25(31)19-20-26(32)30-28-24(18-6-4-2)22-15-11-8-12-16-22/h7-16H,3-6,17-20H2,1-2H3,(H,29,31)(H,30,32)/b27-23+,28-24+. The highest BCUT2D eigenvalue weighted by molar-refractivity contribution is 6.01. The number of hydrazone groups is 2. The summed E-state index contributed by atoms with van der Waals surface area (Å²) in [7, 11) is 0. The second kappa shape index (κ2) is 14.7. The summed E-state index contributed by atoms with van der Waals surface area (Å²) in [4.78, 5) is 24.4. The lowest BCUT2D eigenvalue weighted by Crippen LogP contribution is -2.24. The van der Waals surface area contributed by atoms with Gasteiger partial charge in [0.05, 0.1) is 11.4 Å². The van der Waals surface area contributed by atoms with E-state index < -0.39 is 0 Å². The number of carbonyl (C=O) groups is 2. The molecule has 0 heterocycles. The molecule has 0 saturated heterocycles. The molecule has 0 bridgehead atoms. The van der Waals surface area contributed by atoms with Gasteiger partial charge in [-0.2, -0.15) is 10.2 Å². The van der Waals surface area contributed by atoms with Gasteiger partial charge in [0.15, 0.2) is 0 Å². The van der Waals surface area contributed by atoms with Crippen molar-refractivity contribution in [2.45, 2.75) is 65.2 Å². The Morgan fingerprint density at radius 2 is 1.00 bits per heavy atom. The molecule has 2 aromatic carbocycles. The molecule has 0 aromatic heterocycles. The second-order valence-electron chi connectivity index (χ2n) is 7.63. The lowest BCUT2D eigenvalue weighted by Gasteiger charge is -2.08. The Kier molecular flexibility index (Phi) is 11.5. The highest BCUT2D eigenvalue weighted by Gasteiger charge is 2.09. The monoisotopic (exact) mass is 434 g/mol. The Labute approximate surface area is 191 Å². The van der Waals surface area contributed by atoms with Crippen molar-refractivity contribution in [2.24, 2.45) is 10.2 Å². The first-order chi connectivity index (χ1) is 15.6. The maximum absolute atomic E-state index is 12.2. The summed E-state index contributed by atoms with van der Waals surface area (Å²) in [5.41, 5.74) is 8.87. The quantitative estimate of drug-likeness (QED) is 0.336. The van der Waals surface area contributed by atoms with Crippen LogP contribution in [0.2, 0.25) is 0 Å². The van der Waals surface area contributed by atoms with Crippen LogP contribution < -0.4 is 10.9 Å². The predicted molar refractivity (Wildman–Crippen MR) is 131 cm³/mol. The van der Waals surface area contributed by atoms with Crippen molar-refractivity contribution in [2.75, 3.05) is 0 Å². The van der Waals surface area contributed by atoms with Crippen molar-refractivity contribution in [1.29, 1.82) is 0 Å². The van der Waals surface area contributed by atoms with Crippen LogP contribution in [0.15, 0.2) is 70.9 Å². The van der Waals surface area contributed by atoms with E-state index in [-0.39, 0.29) is 24.7 Å². The highest BCUT2D eigenvalue weighted by Crippen LogP contribution is 2.09. The number of hydrogen-bond donors (Lipinski definition) is 2. The maximum atomic E-state index is 12.2. The fourth-order valence-electron chi connectivity index (χ4n) is 3.08. The minimum Gasteiger partial charge on any atom is -0.273 e. The van der Waals surface area contributed by atoms with Crippen LogP contribution in [-0.2, 0) is 9.59 Å². The van der Waals surface area contributed by atoms with E-state index in [0.29, 0.717) is 0 Å². The van der Waals surface area contributed by atoms with Gasteiger partial charge in [-0.25, -0.2) is 10.9 Å². The fourth-order valence-corrected chi connectivity index (χ4v) is 3.08. The largest absolute Gasteiger partial charge is 0.273 e. The van der Waals surface area contributed by atoms with Gasteiger partial charge in [-0.1, -0.05) is 87.4 Å². The summed E-state index contributed by atoms with van der Waals surface area (Å²) in [6.45, 7) is 4.24. The maximum Gasteiger partial charge on any atom is 0.240 e. The zero-order valence-electron chi connectivity index (χ0n) is 19.1. The Morgan fingerprint density at radius 3 is 1.34 bits per heavy atom. The Hall–Kier alpha value is -3.28. The number of hydrogen-bond acceptors (Lipinski definition) is 4. The molecule has 170 valence electrons. The highest BCUT2D eigenvalue weighted by atomic mass is 16.2. The van der Waals surface area contributed by atoms with Crippen LogP contribution in [0, 0.1) is 0 Å². The van der Waals surface area contributed by atoms with Crippen molar-refractivity contribution in [1.82, 2.24) is 10.9 Å². The first kappa shape index (κ1) is 25.0. The Bertz CT molecular complexity index is 817. The first-order valence-electron chi connectivity index (χ1n) is 11.5. The summed E-state index contributed by atoms with van der Waals surface area (Å²) in [5, 5.41) is 8.63. The van der Waals surface area contributed by atoms with Crippen molar-refractivity contribution < 1.29 is 9.59 Å². The van der Waals surface area contributed by atoms with Gasteiger partial charge < -0.3 is 0 Å². The molecule has 0 saturated carbocycles. The van der Waals surface area contributed by atoms with Gasteiger partial charge in [0.2, 0.25) is 11.8 Å². The Morgan fingerprint density at radius 1 is 0.625 bits per heavy atom. The third-order valence-corrected chi connectivity index (χ3v) is 4.96. The Balaban J connectivity index is 1.88. The number of amides is 2. The molecule has 32 heavy (non-hydrogen) atoms. The summed E-state index contributed by atoms with van der Waals surface area (Å²) < 4.78 is 0. The average molecular weight is 435 g/mol. The molecular weight excluding hydrogens is 400 g/mol. The first-order valence-corrected chi connectivity index (χ1v) is 11.5. The number of nitrogens with zero attached hydrogens (tertiary/aromatic N) is 2. The van der Waals surface area contributed by atoms with Crippen LogP contribution in [0.1, 0.15) is 76.3 Å². The summed E-state index contributed by atoms with van der Waals surface area (Å²) in [6.07, 6.45) is 5.75. The van der Waals surface area contributed by atoms with Gasteiger partial charge in [0, 0.05) is 12.8 Å². The molecule has 0 aliphatic rings. The van der Waals surface area contributed by atoms with Gasteiger partial charge in [-0.05, 0) is 36.8 Å². The lowest BCUT2D eigenvalue weighted by molar-refractivity contribution is -0.126. The van der Waals surface area contributed by atoms with Crippen molar-refractivity contribution in [3.8, 4) is 0 Å². The van der Waals surface area contributed by atoms with Gasteiger partial charge in [-0.3, -0.25) is 9.59 Å². The van der Waals surface area contributed by atoms with E-state index in [1.165, 1.54) is 0 Å². The predicted octanol–water partition coefficient (Wildman–Crippen LogP) is 5.19. The molecule has 0 unspecified atom stereocenters. The van der Waals surface area contributed by atoms with Crippen LogP contribution >= 0.6 is 0 Å². The van der Waals surface area contributed by atoms with Crippen LogP contribution in [0.25, 0.3) is 0 Å². The van der Waals surface area contributed by atoms with E-state index in [1.807, 2.05) is 60.7 Å². The van der Waals surface area contributed by atoms with Crippen molar-refractivity contribution >= 4 is 23.2 Å². The molecule has 2 rings (SSSR count). The summed E-state index contributed by atoms with van der Waals surface area (Å²) in [5.74, 6) is -0.577. The van der Waals surface area contributed by atoms with E-state index in [0.717, 1.165) is 61.1 Å². The third-order valence-electron chi connectivity index (χ3n) is 4.96. The molecule has 0 fully saturated rings. The number of nitrogens with one attached hydrogen (secondary N) is 2. The topological polar surface area (TPSA) is 82.9 Å². The molecule has 0 atom stereocenters. The van der Waals surface area contributed by atoms with E-state index >= 15 is 0 Å². The average Bonchev–Trinajstić information content (AvgIpc) is 2.84. The van der Waals surface area contributed by atoms with Crippen LogP contribution in [-0.4, -0.2) is 23.2 Å². The van der Waals surface area contributed by atoms with Gasteiger partial charge in [0.25, 0.3) is 0 Å². The van der Waals surface area contributed by atoms with Crippen LogP contribution in [0.4, 0.5) is 0 Å². The van der Waals surface area contributed by atoms with Crippen LogP contribution in [0.3, 0.4) is 0 Å². The summed E-state index contributed by atoms with van der Waals surface area (Å²) >= 11 is 0. The second-order valence-corrected chi connectivity index (χ2v) is 7.63. The van der Waals surface area contributed by atoms with Gasteiger partial charge in [0.1, 0.15) is 0 Å². The third kappa shape index (κ3) is 9.25. The molecule has 2 aromatic rings. The molecule has 2 amide bonds. The normalized spacial score (nSPS) is 11.8. The SMILES string of the molecule is CCCC/C(=N\NC(=O)CCC(=O)N/N=C(\CCCC)c1ccccc1)c1ccccc1. The molecule has 0 spiro atoms. The molecule has 0 radical (unpaired) electrons.